The highest BCUT2D eigenvalue weighted by molar-refractivity contribution is 8.01. The number of benzene rings is 1. The summed E-state index contributed by atoms with van der Waals surface area (Å²) >= 11 is 3.03. The van der Waals surface area contributed by atoms with Gasteiger partial charge in [0.15, 0.2) is 4.34 Å². The highest BCUT2D eigenvalue weighted by atomic mass is 32.2. The fourth-order valence-corrected chi connectivity index (χ4v) is 4.01. The highest BCUT2D eigenvalue weighted by Gasteiger charge is 2.15. The Kier molecular flexibility index (Phi) is 4.39. The molecule has 0 aliphatic carbocycles. The summed E-state index contributed by atoms with van der Waals surface area (Å²) in [4.78, 5) is 19.5. The van der Waals surface area contributed by atoms with Gasteiger partial charge in [-0.25, -0.2) is 4.98 Å². The van der Waals surface area contributed by atoms with Crippen molar-refractivity contribution in [2.45, 2.75) is 23.4 Å². The average Bonchev–Trinajstić information content (AvgIpc) is 2.95. The molecule has 0 saturated carbocycles. The summed E-state index contributed by atoms with van der Waals surface area (Å²) in [5, 5.41) is 12.7. The summed E-state index contributed by atoms with van der Waals surface area (Å²) in [7, 11) is 0. The molecule has 2 N–H and O–H groups in total. The van der Waals surface area contributed by atoms with Gasteiger partial charge in [0.25, 0.3) is 5.56 Å². The maximum atomic E-state index is 12.1. The molecule has 8 heteroatoms. The van der Waals surface area contributed by atoms with Crippen LogP contribution in [0.3, 0.4) is 0 Å². The topological polar surface area (TPSA) is 83.6 Å². The molecule has 0 fully saturated rings. The Labute approximate surface area is 135 Å². The quantitative estimate of drug-likeness (QED) is 0.698. The van der Waals surface area contributed by atoms with E-state index in [9.17, 15) is 4.79 Å². The smallest absolute Gasteiger partial charge is 0.258 e. The molecule has 2 heterocycles. The second-order valence-electron chi connectivity index (χ2n) is 4.63. The lowest BCUT2D eigenvalue weighted by molar-refractivity contribution is 0.916. The number of aromatic amines is 1. The molecule has 6 nitrogen and oxygen atoms in total. The number of aromatic nitrogens is 4. The van der Waals surface area contributed by atoms with E-state index >= 15 is 0 Å². The fourth-order valence-electron chi connectivity index (χ4n) is 1.98. The van der Waals surface area contributed by atoms with E-state index < -0.39 is 0 Å². The first kappa shape index (κ1) is 15.0. The normalized spacial score (nSPS) is 12.5. The van der Waals surface area contributed by atoms with E-state index in [1.165, 1.54) is 23.1 Å². The largest absolute Gasteiger partial charge is 0.360 e. The zero-order chi connectivity index (χ0) is 15.5. The van der Waals surface area contributed by atoms with Crippen LogP contribution in [0.2, 0.25) is 0 Å². The van der Waals surface area contributed by atoms with Gasteiger partial charge < -0.3 is 10.3 Å². The van der Waals surface area contributed by atoms with Crippen molar-refractivity contribution in [1.29, 1.82) is 0 Å². The summed E-state index contributed by atoms with van der Waals surface area (Å²) < 4.78 is 0.847. The van der Waals surface area contributed by atoms with E-state index in [1.54, 1.807) is 6.07 Å². The van der Waals surface area contributed by atoms with Crippen molar-refractivity contribution in [3.8, 4) is 0 Å². The Morgan fingerprint density at radius 1 is 1.36 bits per heavy atom. The number of nitrogens with one attached hydrogen (secondary N) is 2. The number of nitrogens with zero attached hydrogens (tertiary/aromatic N) is 3. The Balaban J connectivity index is 1.85. The average molecular weight is 333 g/mol. The van der Waals surface area contributed by atoms with Gasteiger partial charge in [0, 0.05) is 6.54 Å². The predicted molar refractivity (Wildman–Crippen MR) is 90.7 cm³/mol. The van der Waals surface area contributed by atoms with Crippen LogP contribution in [-0.4, -0.2) is 26.7 Å². The van der Waals surface area contributed by atoms with Gasteiger partial charge in [-0.1, -0.05) is 35.2 Å². The molecule has 0 aliphatic heterocycles. The third-order valence-corrected chi connectivity index (χ3v) is 5.10. The van der Waals surface area contributed by atoms with Crippen molar-refractivity contribution >= 4 is 39.1 Å². The summed E-state index contributed by atoms with van der Waals surface area (Å²) in [6, 6.07) is 7.33. The molecule has 0 spiro atoms. The Hall–Kier alpha value is -1.93. The maximum absolute atomic E-state index is 12.1. The molecule has 22 heavy (non-hydrogen) atoms. The maximum Gasteiger partial charge on any atom is 0.258 e. The molecule has 1 unspecified atom stereocenters. The van der Waals surface area contributed by atoms with Crippen molar-refractivity contribution in [2.24, 2.45) is 0 Å². The second kappa shape index (κ2) is 6.45. The third-order valence-electron chi connectivity index (χ3n) is 3.03. The van der Waals surface area contributed by atoms with Crippen molar-refractivity contribution < 1.29 is 0 Å². The lowest BCUT2D eigenvalue weighted by Crippen LogP contribution is -2.12. The van der Waals surface area contributed by atoms with Crippen LogP contribution in [0.1, 0.15) is 24.9 Å². The standard InChI is InChI=1S/C14H15N5OS2/c1-3-15-13-18-19-14(22-13)21-8(2)11-16-10-7-5-4-6-9(10)12(20)17-11/h4-8H,3H2,1-2H3,(H,15,18)(H,16,17,20). The number of fused-ring (bicyclic) bond motifs is 1. The van der Waals surface area contributed by atoms with Crippen molar-refractivity contribution in [2.75, 3.05) is 11.9 Å². The molecule has 3 aromatic rings. The second-order valence-corrected chi connectivity index (χ2v) is 7.20. The van der Waals surface area contributed by atoms with Gasteiger partial charge >= 0.3 is 0 Å². The van der Waals surface area contributed by atoms with Gasteiger partial charge in [-0.05, 0) is 26.0 Å². The summed E-state index contributed by atoms with van der Waals surface area (Å²) in [5.74, 6) is 0.647. The van der Waals surface area contributed by atoms with Crippen LogP contribution in [0.4, 0.5) is 5.13 Å². The van der Waals surface area contributed by atoms with Crippen LogP contribution in [0, 0.1) is 0 Å². The minimum absolute atomic E-state index is 0.0141. The minimum atomic E-state index is -0.112. The van der Waals surface area contributed by atoms with E-state index in [1.807, 2.05) is 32.0 Å². The molecule has 1 aromatic carbocycles. The van der Waals surface area contributed by atoms with Crippen LogP contribution < -0.4 is 10.9 Å². The number of para-hydroxylation sites is 1. The molecular weight excluding hydrogens is 318 g/mol. The van der Waals surface area contributed by atoms with E-state index in [-0.39, 0.29) is 10.8 Å². The van der Waals surface area contributed by atoms with Gasteiger partial charge in [0.1, 0.15) is 5.82 Å². The number of H-pyrrole nitrogens is 1. The number of rotatable bonds is 5. The molecule has 2 aromatic heterocycles. The predicted octanol–water partition coefficient (Wildman–Crippen LogP) is 3.06. The van der Waals surface area contributed by atoms with Crippen LogP contribution in [-0.2, 0) is 0 Å². The van der Waals surface area contributed by atoms with Crippen molar-refractivity contribution in [1.82, 2.24) is 20.2 Å². The Morgan fingerprint density at radius 3 is 3.00 bits per heavy atom. The minimum Gasteiger partial charge on any atom is -0.360 e. The lowest BCUT2D eigenvalue weighted by Gasteiger charge is -2.08. The monoisotopic (exact) mass is 333 g/mol. The lowest BCUT2D eigenvalue weighted by atomic mass is 10.2. The SMILES string of the molecule is CCNc1nnc(SC(C)c2nc3ccccc3c(=O)[nH]2)s1. The van der Waals surface area contributed by atoms with Crippen LogP contribution in [0.15, 0.2) is 33.4 Å². The van der Waals surface area contributed by atoms with E-state index in [0.29, 0.717) is 16.7 Å². The highest BCUT2D eigenvalue weighted by Crippen LogP contribution is 2.35. The summed E-state index contributed by atoms with van der Waals surface area (Å²) in [5.41, 5.74) is 0.595. The Bertz CT molecular complexity index is 844. The molecule has 1 atom stereocenters. The van der Waals surface area contributed by atoms with Crippen LogP contribution >= 0.6 is 23.1 Å². The molecule has 0 amide bonds. The first-order chi connectivity index (χ1) is 10.7. The van der Waals surface area contributed by atoms with Gasteiger partial charge in [-0.15, -0.1) is 10.2 Å². The van der Waals surface area contributed by atoms with Crippen molar-refractivity contribution in [3.63, 3.8) is 0 Å². The molecular formula is C14H15N5OS2. The van der Waals surface area contributed by atoms with Crippen LogP contribution in [0.25, 0.3) is 10.9 Å². The molecule has 3 rings (SSSR count). The number of hydrogen-bond donors (Lipinski definition) is 2. The molecule has 114 valence electrons. The fraction of sp³-hybridized carbons (Fsp3) is 0.286. The van der Waals surface area contributed by atoms with Gasteiger partial charge in [-0.2, -0.15) is 0 Å². The van der Waals surface area contributed by atoms with Crippen LogP contribution in [0.5, 0.6) is 0 Å². The third kappa shape index (κ3) is 3.12. The van der Waals surface area contributed by atoms with Gasteiger partial charge in [0.05, 0.1) is 16.2 Å². The number of hydrogen-bond acceptors (Lipinski definition) is 7. The summed E-state index contributed by atoms with van der Waals surface area (Å²) in [6.07, 6.45) is 0. The summed E-state index contributed by atoms with van der Waals surface area (Å²) in [6.45, 7) is 4.82. The molecule has 0 radical (unpaired) electrons. The van der Waals surface area contributed by atoms with Gasteiger partial charge in [0.2, 0.25) is 5.13 Å². The Morgan fingerprint density at radius 2 is 2.18 bits per heavy atom. The van der Waals surface area contributed by atoms with E-state index in [0.717, 1.165) is 16.0 Å². The number of thioether (sulfide) groups is 1. The number of anilines is 1. The van der Waals surface area contributed by atoms with E-state index in [2.05, 4.69) is 25.5 Å². The van der Waals surface area contributed by atoms with Crippen molar-refractivity contribution in [3.05, 3.63) is 40.4 Å². The van der Waals surface area contributed by atoms with E-state index in [4.69, 9.17) is 0 Å². The first-order valence-electron chi connectivity index (χ1n) is 6.90. The molecule has 0 saturated heterocycles. The molecule has 0 bridgehead atoms. The zero-order valence-electron chi connectivity index (χ0n) is 12.2. The van der Waals surface area contributed by atoms with Gasteiger partial charge in [-0.3, -0.25) is 4.79 Å². The molecule has 0 aliphatic rings. The first-order valence-corrected chi connectivity index (χ1v) is 8.60. The zero-order valence-corrected chi connectivity index (χ0v) is 13.8.